The molecule has 0 atom stereocenters. The first-order valence-electron chi connectivity index (χ1n) is 4.27. The standard InChI is InChI=1S/C9H8BFN2O2/c1-5-2-6-4-12-13(9(10,14)15)8(6)7(11)3-5/h2-4,14-15H,1H3. The molecule has 0 aliphatic rings. The molecule has 76 valence electrons. The van der Waals surface area contributed by atoms with Gasteiger partial charge in [-0.05, 0) is 24.6 Å². The third-order valence-electron chi connectivity index (χ3n) is 2.07. The van der Waals surface area contributed by atoms with E-state index in [1.807, 2.05) is 0 Å². The molecular weight excluding hydrogens is 198 g/mol. The van der Waals surface area contributed by atoms with Crippen LogP contribution in [-0.4, -0.2) is 27.8 Å². The zero-order chi connectivity index (χ0) is 11.2. The molecule has 6 heteroatoms. The molecule has 0 saturated heterocycles. The fraction of sp³-hybridized carbons (Fsp3) is 0.222. The van der Waals surface area contributed by atoms with Crippen LogP contribution in [0.15, 0.2) is 18.3 Å². The highest BCUT2D eigenvalue weighted by Gasteiger charge is 2.22. The Morgan fingerprint density at radius 2 is 2.13 bits per heavy atom. The van der Waals surface area contributed by atoms with Crippen molar-refractivity contribution in [2.75, 3.05) is 0 Å². The van der Waals surface area contributed by atoms with Crippen molar-refractivity contribution in [3.05, 3.63) is 29.7 Å². The second-order valence-electron chi connectivity index (χ2n) is 3.43. The van der Waals surface area contributed by atoms with Gasteiger partial charge in [0, 0.05) is 5.39 Å². The zero-order valence-corrected chi connectivity index (χ0v) is 7.98. The number of hydrogen-bond acceptors (Lipinski definition) is 3. The third-order valence-corrected chi connectivity index (χ3v) is 2.07. The summed E-state index contributed by atoms with van der Waals surface area (Å²) >= 11 is 0. The van der Waals surface area contributed by atoms with Crippen LogP contribution in [0.4, 0.5) is 4.39 Å². The molecule has 2 aromatic rings. The van der Waals surface area contributed by atoms with Crippen molar-refractivity contribution in [3.63, 3.8) is 0 Å². The SMILES string of the molecule is [B]C(O)(O)n1ncc2cc(C)cc(F)c21. The predicted molar refractivity (Wildman–Crippen MR) is 52.6 cm³/mol. The lowest BCUT2D eigenvalue weighted by atomic mass is 10.0. The van der Waals surface area contributed by atoms with Crippen LogP contribution in [0.1, 0.15) is 5.56 Å². The van der Waals surface area contributed by atoms with Crippen molar-refractivity contribution in [1.82, 2.24) is 9.78 Å². The topological polar surface area (TPSA) is 58.3 Å². The van der Waals surface area contributed by atoms with Crippen LogP contribution in [0.25, 0.3) is 10.9 Å². The van der Waals surface area contributed by atoms with Crippen molar-refractivity contribution in [2.24, 2.45) is 0 Å². The predicted octanol–water partition coefficient (Wildman–Crippen LogP) is 0.205. The second kappa shape index (κ2) is 3.05. The van der Waals surface area contributed by atoms with Crippen molar-refractivity contribution in [2.45, 2.75) is 12.7 Å². The van der Waals surface area contributed by atoms with E-state index in [-0.39, 0.29) is 5.52 Å². The highest BCUT2D eigenvalue weighted by Crippen LogP contribution is 2.22. The van der Waals surface area contributed by atoms with Crippen LogP contribution in [0.5, 0.6) is 0 Å². The Morgan fingerprint density at radius 3 is 2.73 bits per heavy atom. The van der Waals surface area contributed by atoms with Gasteiger partial charge in [-0.2, -0.15) is 5.10 Å². The monoisotopic (exact) mass is 206 g/mol. The van der Waals surface area contributed by atoms with E-state index in [2.05, 4.69) is 5.10 Å². The summed E-state index contributed by atoms with van der Waals surface area (Å²) in [5, 5.41) is 22.4. The van der Waals surface area contributed by atoms with Crippen LogP contribution in [0, 0.1) is 12.7 Å². The van der Waals surface area contributed by atoms with E-state index < -0.39 is 11.6 Å². The lowest BCUT2D eigenvalue weighted by Gasteiger charge is -2.18. The van der Waals surface area contributed by atoms with E-state index in [9.17, 15) is 4.39 Å². The van der Waals surface area contributed by atoms with Gasteiger partial charge in [0.15, 0.2) is 7.85 Å². The number of halogens is 1. The molecule has 2 radical (unpaired) electrons. The summed E-state index contributed by atoms with van der Waals surface area (Å²) in [7, 11) is 5.02. The molecule has 15 heavy (non-hydrogen) atoms. The fourth-order valence-electron chi connectivity index (χ4n) is 1.51. The van der Waals surface area contributed by atoms with E-state index in [1.54, 1.807) is 13.0 Å². The maximum absolute atomic E-state index is 13.5. The third kappa shape index (κ3) is 1.62. The van der Waals surface area contributed by atoms with Crippen molar-refractivity contribution < 1.29 is 14.6 Å². The van der Waals surface area contributed by atoms with E-state index >= 15 is 0 Å². The summed E-state index contributed by atoms with van der Waals surface area (Å²) < 4.78 is 14.2. The minimum Gasteiger partial charge on any atom is -0.356 e. The fourth-order valence-corrected chi connectivity index (χ4v) is 1.51. The van der Waals surface area contributed by atoms with Crippen molar-refractivity contribution in [1.29, 1.82) is 0 Å². The lowest BCUT2D eigenvalue weighted by Crippen LogP contribution is -2.34. The van der Waals surface area contributed by atoms with Crippen LogP contribution >= 0.6 is 0 Å². The van der Waals surface area contributed by atoms with Gasteiger partial charge in [-0.15, -0.1) is 0 Å². The zero-order valence-electron chi connectivity index (χ0n) is 7.98. The lowest BCUT2D eigenvalue weighted by molar-refractivity contribution is -0.157. The molecule has 1 heterocycles. The normalized spacial score (nSPS) is 12.3. The molecule has 0 aliphatic heterocycles. The number of aliphatic hydroxyl groups is 2. The Hall–Kier alpha value is -1.40. The Bertz CT molecular complexity index is 519. The summed E-state index contributed by atoms with van der Waals surface area (Å²) in [6.45, 7) is 1.73. The van der Waals surface area contributed by atoms with E-state index in [0.29, 0.717) is 10.1 Å². The first-order valence-corrected chi connectivity index (χ1v) is 4.27. The Morgan fingerprint density at radius 1 is 1.47 bits per heavy atom. The molecule has 0 amide bonds. The molecule has 0 saturated carbocycles. The second-order valence-corrected chi connectivity index (χ2v) is 3.43. The molecule has 1 aromatic heterocycles. The number of aromatic nitrogens is 2. The highest BCUT2D eigenvalue weighted by molar-refractivity contribution is 6.11. The summed E-state index contributed by atoms with van der Waals surface area (Å²) in [6.07, 6.45) is 1.32. The summed E-state index contributed by atoms with van der Waals surface area (Å²) in [6, 6.07) is 2.94. The molecule has 0 spiro atoms. The van der Waals surface area contributed by atoms with Gasteiger partial charge in [0.25, 0.3) is 0 Å². The van der Waals surface area contributed by atoms with Gasteiger partial charge in [0.05, 0.1) is 6.20 Å². The molecule has 4 nitrogen and oxygen atoms in total. The average Bonchev–Trinajstić information content (AvgIpc) is 2.45. The number of aryl methyl sites for hydroxylation is 1. The summed E-state index contributed by atoms with van der Waals surface area (Å²) in [5.41, 5.74) is 0.686. The van der Waals surface area contributed by atoms with Crippen LogP contribution in [0.3, 0.4) is 0 Å². The Kier molecular flexibility index (Phi) is 2.06. The van der Waals surface area contributed by atoms with Crippen molar-refractivity contribution in [3.8, 4) is 0 Å². The maximum Gasteiger partial charge on any atom is 0.208 e. The number of fused-ring (bicyclic) bond motifs is 1. The molecule has 1 aromatic carbocycles. The first kappa shape index (κ1) is 10.1. The quantitative estimate of drug-likeness (QED) is 0.517. The van der Waals surface area contributed by atoms with Crippen LogP contribution in [-0.2, 0) is 5.81 Å². The molecule has 0 aliphatic carbocycles. The largest absolute Gasteiger partial charge is 0.356 e. The average molecular weight is 206 g/mol. The summed E-state index contributed by atoms with van der Waals surface area (Å²) in [4.78, 5) is 0. The van der Waals surface area contributed by atoms with Gasteiger partial charge in [0.2, 0.25) is 5.81 Å². The smallest absolute Gasteiger partial charge is 0.208 e. The number of hydrogen-bond donors (Lipinski definition) is 2. The highest BCUT2D eigenvalue weighted by atomic mass is 19.1. The van der Waals surface area contributed by atoms with Gasteiger partial charge in [-0.1, -0.05) is 0 Å². The molecular formula is C9H8BFN2O2. The van der Waals surface area contributed by atoms with Crippen LogP contribution in [0.2, 0.25) is 0 Å². The molecule has 2 N–H and O–H groups in total. The van der Waals surface area contributed by atoms with Gasteiger partial charge in [-0.3, -0.25) is 0 Å². The van der Waals surface area contributed by atoms with E-state index in [1.165, 1.54) is 12.3 Å². The Balaban J connectivity index is 2.81. The van der Waals surface area contributed by atoms with E-state index in [0.717, 1.165) is 5.56 Å². The minimum absolute atomic E-state index is 0.0342. The number of rotatable bonds is 1. The molecule has 0 fully saturated rings. The van der Waals surface area contributed by atoms with Crippen LogP contribution < -0.4 is 0 Å². The molecule has 2 rings (SSSR count). The van der Waals surface area contributed by atoms with Crippen molar-refractivity contribution >= 4 is 18.7 Å². The van der Waals surface area contributed by atoms with Gasteiger partial charge < -0.3 is 10.2 Å². The van der Waals surface area contributed by atoms with Gasteiger partial charge in [-0.25, -0.2) is 9.07 Å². The number of benzene rings is 1. The van der Waals surface area contributed by atoms with E-state index in [4.69, 9.17) is 18.1 Å². The maximum atomic E-state index is 13.5. The molecule has 0 bridgehead atoms. The molecule has 0 unspecified atom stereocenters. The first-order chi connectivity index (χ1) is 6.89. The van der Waals surface area contributed by atoms with Gasteiger partial charge >= 0.3 is 0 Å². The summed E-state index contributed by atoms with van der Waals surface area (Å²) in [5.74, 6) is -3.29. The minimum atomic E-state index is -2.70. The Labute approximate surface area is 86.4 Å². The van der Waals surface area contributed by atoms with Gasteiger partial charge in [0.1, 0.15) is 11.3 Å². The number of nitrogens with zero attached hydrogens (tertiary/aromatic N) is 2.